The van der Waals surface area contributed by atoms with Crippen molar-refractivity contribution in [1.82, 2.24) is 14.4 Å². The molecule has 28 heavy (non-hydrogen) atoms. The van der Waals surface area contributed by atoms with Crippen LogP contribution in [0.2, 0.25) is 0 Å². The van der Waals surface area contributed by atoms with Crippen molar-refractivity contribution in [3.63, 3.8) is 0 Å². The molecular weight excluding hydrogens is 352 g/mol. The Morgan fingerprint density at radius 2 is 1.86 bits per heavy atom. The Bertz CT molecular complexity index is 1120. The molecule has 2 heterocycles. The van der Waals surface area contributed by atoms with Crippen molar-refractivity contribution in [2.75, 3.05) is 11.9 Å². The smallest absolute Gasteiger partial charge is 0.338 e. The second-order valence-electron chi connectivity index (χ2n) is 6.40. The lowest BCUT2D eigenvalue weighted by Crippen LogP contribution is -2.04. The van der Waals surface area contributed by atoms with Crippen LogP contribution in [0.15, 0.2) is 67.1 Å². The van der Waals surface area contributed by atoms with Gasteiger partial charge in [0.05, 0.1) is 18.4 Å². The molecule has 4 aromatic rings. The number of nitrogens with zero attached hydrogens (tertiary/aromatic N) is 3. The summed E-state index contributed by atoms with van der Waals surface area (Å²) >= 11 is 0. The average molecular weight is 372 g/mol. The number of aryl methyl sites for hydroxylation is 1. The van der Waals surface area contributed by atoms with Crippen LogP contribution in [-0.2, 0) is 4.74 Å². The van der Waals surface area contributed by atoms with Gasteiger partial charge >= 0.3 is 5.97 Å². The fourth-order valence-corrected chi connectivity index (χ4v) is 2.98. The van der Waals surface area contributed by atoms with Crippen LogP contribution in [0.25, 0.3) is 16.9 Å². The molecule has 2 aromatic heterocycles. The number of carbonyl (C=O) groups excluding carboxylic acids is 1. The standard InChI is InChI=1S/C22H20N4O2/c1-3-28-22(27)17-8-10-18(11-9-17)24-21-20(16-6-4-15(2)5-7-16)25-19-14-23-12-13-26(19)21/h4-14,24H,3H2,1-2H3. The first-order valence-corrected chi connectivity index (χ1v) is 9.09. The van der Waals surface area contributed by atoms with Gasteiger partial charge in [-0.1, -0.05) is 29.8 Å². The quantitative estimate of drug-likeness (QED) is 0.518. The zero-order chi connectivity index (χ0) is 19.5. The van der Waals surface area contributed by atoms with E-state index in [1.165, 1.54) is 5.56 Å². The third-order valence-corrected chi connectivity index (χ3v) is 4.41. The molecule has 0 aliphatic carbocycles. The maximum absolute atomic E-state index is 11.9. The topological polar surface area (TPSA) is 68.5 Å². The van der Waals surface area contributed by atoms with Crippen LogP contribution >= 0.6 is 0 Å². The number of nitrogens with one attached hydrogen (secondary N) is 1. The lowest BCUT2D eigenvalue weighted by atomic mass is 10.1. The number of rotatable bonds is 5. The van der Waals surface area contributed by atoms with Crippen LogP contribution in [0.4, 0.5) is 11.5 Å². The maximum atomic E-state index is 11.9. The molecule has 1 N–H and O–H groups in total. The van der Waals surface area contributed by atoms with Crippen LogP contribution < -0.4 is 5.32 Å². The lowest BCUT2D eigenvalue weighted by Gasteiger charge is -2.10. The van der Waals surface area contributed by atoms with E-state index in [9.17, 15) is 4.79 Å². The van der Waals surface area contributed by atoms with Crippen molar-refractivity contribution in [2.24, 2.45) is 0 Å². The molecule has 0 aliphatic heterocycles. The molecule has 140 valence electrons. The van der Waals surface area contributed by atoms with Crippen molar-refractivity contribution in [3.05, 3.63) is 78.2 Å². The largest absolute Gasteiger partial charge is 0.462 e. The van der Waals surface area contributed by atoms with Gasteiger partial charge in [0.25, 0.3) is 0 Å². The van der Waals surface area contributed by atoms with Gasteiger partial charge in [0, 0.05) is 23.6 Å². The third kappa shape index (κ3) is 3.44. The van der Waals surface area contributed by atoms with E-state index in [1.807, 2.05) is 22.7 Å². The number of benzene rings is 2. The highest BCUT2D eigenvalue weighted by atomic mass is 16.5. The summed E-state index contributed by atoms with van der Waals surface area (Å²) < 4.78 is 7.00. The van der Waals surface area contributed by atoms with Crippen LogP contribution in [0.3, 0.4) is 0 Å². The minimum atomic E-state index is -0.324. The molecule has 4 rings (SSSR count). The summed E-state index contributed by atoms with van der Waals surface area (Å²) in [6.07, 6.45) is 5.32. The van der Waals surface area contributed by atoms with Crippen molar-refractivity contribution in [2.45, 2.75) is 13.8 Å². The van der Waals surface area contributed by atoms with E-state index >= 15 is 0 Å². The second-order valence-corrected chi connectivity index (χ2v) is 6.40. The normalized spacial score (nSPS) is 10.8. The van der Waals surface area contributed by atoms with Gasteiger partial charge < -0.3 is 10.1 Å². The zero-order valence-electron chi connectivity index (χ0n) is 15.7. The molecule has 6 heteroatoms. The zero-order valence-corrected chi connectivity index (χ0v) is 15.7. The molecule has 0 fully saturated rings. The number of hydrogen-bond donors (Lipinski definition) is 1. The second kappa shape index (κ2) is 7.52. The molecule has 6 nitrogen and oxygen atoms in total. The first-order chi connectivity index (χ1) is 13.7. The molecular formula is C22H20N4O2. The summed E-state index contributed by atoms with van der Waals surface area (Å²) in [6, 6.07) is 15.4. The monoisotopic (exact) mass is 372 g/mol. The predicted octanol–water partition coefficient (Wildman–Crippen LogP) is 4.63. The van der Waals surface area contributed by atoms with Crippen molar-refractivity contribution in [1.29, 1.82) is 0 Å². The number of hydrogen-bond acceptors (Lipinski definition) is 5. The minimum Gasteiger partial charge on any atom is -0.462 e. The SMILES string of the molecule is CCOC(=O)c1ccc(Nc2c(-c3ccc(C)cc3)nc3cnccn23)cc1. The fourth-order valence-electron chi connectivity index (χ4n) is 2.98. The molecule has 2 aromatic carbocycles. The van der Waals surface area contributed by atoms with E-state index in [0.29, 0.717) is 12.2 Å². The van der Waals surface area contributed by atoms with E-state index in [0.717, 1.165) is 28.4 Å². The summed E-state index contributed by atoms with van der Waals surface area (Å²) in [5, 5.41) is 3.43. The van der Waals surface area contributed by atoms with Crippen LogP contribution in [0.5, 0.6) is 0 Å². The number of aromatic nitrogens is 3. The van der Waals surface area contributed by atoms with Gasteiger partial charge in [-0.2, -0.15) is 0 Å². The highest BCUT2D eigenvalue weighted by Gasteiger charge is 2.15. The van der Waals surface area contributed by atoms with Gasteiger partial charge in [-0.25, -0.2) is 9.78 Å². The summed E-state index contributed by atoms with van der Waals surface area (Å²) in [5.74, 6) is 0.514. The van der Waals surface area contributed by atoms with E-state index in [-0.39, 0.29) is 5.97 Å². The third-order valence-electron chi connectivity index (χ3n) is 4.41. The lowest BCUT2D eigenvalue weighted by molar-refractivity contribution is 0.0526. The fraction of sp³-hybridized carbons (Fsp3) is 0.136. The minimum absolute atomic E-state index is 0.324. The Labute approximate surface area is 162 Å². The van der Waals surface area contributed by atoms with E-state index in [1.54, 1.807) is 31.5 Å². The number of fused-ring (bicyclic) bond motifs is 1. The molecule has 0 atom stereocenters. The molecule has 0 unspecified atom stereocenters. The Balaban J connectivity index is 1.72. The van der Waals surface area contributed by atoms with E-state index < -0.39 is 0 Å². The first kappa shape index (κ1) is 17.7. The Morgan fingerprint density at radius 1 is 1.11 bits per heavy atom. The number of carbonyl (C=O) groups is 1. The van der Waals surface area contributed by atoms with Crippen LogP contribution in [0.1, 0.15) is 22.8 Å². The Kier molecular flexibility index (Phi) is 4.76. The molecule has 0 aliphatic rings. The summed E-state index contributed by atoms with van der Waals surface area (Å²) in [7, 11) is 0. The van der Waals surface area contributed by atoms with Gasteiger partial charge in [-0.05, 0) is 38.1 Å². The van der Waals surface area contributed by atoms with Gasteiger partial charge in [0.15, 0.2) is 5.65 Å². The Hall–Kier alpha value is -3.67. The van der Waals surface area contributed by atoms with Crippen LogP contribution in [-0.4, -0.2) is 26.9 Å². The van der Waals surface area contributed by atoms with E-state index in [2.05, 4.69) is 41.5 Å². The van der Waals surface area contributed by atoms with Gasteiger partial charge in [-0.15, -0.1) is 0 Å². The van der Waals surface area contributed by atoms with Crippen LogP contribution in [0, 0.1) is 6.92 Å². The highest BCUT2D eigenvalue weighted by Crippen LogP contribution is 2.31. The molecule has 0 bridgehead atoms. The average Bonchev–Trinajstić information content (AvgIpc) is 3.08. The first-order valence-electron chi connectivity index (χ1n) is 9.09. The summed E-state index contributed by atoms with van der Waals surface area (Å²) in [4.78, 5) is 20.8. The predicted molar refractivity (Wildman–Crippen MR) is 109 cm³/mol. The van der Waals surface area contributed by atoms with E-state index in [4.69, 9.17) is 9.72 Å². The molecule has 0 saturated carbocycles. The number of ether oxygens (including phenoxy) is 1. The molecule has 0 amide bonds. The number of anilines is 2. The molecule has 0 saturated heterocycles. The number of esters is 1. The molecule has 0 spiro atoms. The number of imidazole rings is 1. The van der Waals surface area contributed by atoms with Gasteiger partial charge in [0.2, 0.25) is 0 Å². The highest BCUT2D eigenvalue weighted by molar-refractivity contribution is 5.90. The maximum Gasteiger partial charge on any atom is 0.338 e. The van der Waals surface area contributed by atoms with Gasteiger partial charge in [-0.3, -0.25) is 9.38 Å². The van der Waals surface area contributed by atoms with Gasteiger partial charge in [0.1, 0.15) is 11.5 Å². The van der Waals surface area contributed by atoms with Crippen molar-refractivity contribution < 1.29 is 9.53 Å². The molecule has 0 radical (unpaired) electrons. The Morgan fingerprint density at radius 3 is 2.57 bits per heavy atom. The van der Waals surface area contributed by atoms with Crippen molar-refractivity contribution >= 4 is 23.1 Å². The van der Waals surface area contributed by atoms with Crippen molar-refractivity contribution in [3.8, 4) is 11.3 Å². The summed E-state index contributed by atoms with van der Waals surface area (Å²) in [6.45, 7) is 4.20. The summed E-state index contributed by atoms with van der Waals surface area (Å²) in [5.41, 5.74) is 5.16.